The molecule has 0 heterocycles. The molecule has 0 aliphatic carbocycles. The van der Waals surface area contributed by atoms with Crippen LogP contribution in [0.2, 0.25) is 0 Å². The molecule has 4 aromatic rings. The summed E-state index contributed by atoms with van der Waals surface area (Å²) in [6.07, 6.45) is 0. The average molecular weight is 521 g/mol. The number of hydrogen-bond donors (Lipinski definition) is 0. The molecule has 4 rings (SSSR count). The molecule has 0 N–H and O–H groups in total. The lowest BCUT2D eigenvalue weighted by atomic mass is 10.2. The van der Waals surface area contributed by atoms with E-state index >= 15 is 0 Å². The first-order valence-electron chi connectivity index (χ1n) is 10.6. The molecule has 0 saturated heterocycles. The van der Waals surface area contributed by atoms with E-state index < -0.39 is 41.7 Å². The summed E-state index contributed by atoms with van der Waals surface area (Å²) in [5, 5.41) is 0. The topological polar surface area (TPSA) is 109 Å². The Balaban J connectivity index is 1.90. The molecule has 2 amide bonds. The third-order valence-electron chi connectivity index (χ3n) is 5.10. The third-order valence-corrected chi connectivity index (χ3v) is 9.22. The maximum absolute atomic E-state index is 13.6. The molecule has 182 valence electrons. The predicted octanol–water partition coefficient (Wildman–Crippen LogP) is 3.96. The molecule has 0 radical (unpaired) electrons. The zero-order valence-corrected chi connectivity index (χ0v) is 20.3. The van der Waals surface area contributed by atoms with E-state index in [9.17, 15) is 26.4 Å². The summed E-state index contributed by atoms with van der Waals surface area (Å²) in [4.78, 5) is 27.3. The van der Waals surface area contributed by atoms with Crippen molar-refractivity contribution in [3.63, 3.8) is 0 Å². The lowest BCUT2D eigenvalue weighted by Gasteiger charge is -2.26. The number of nitrogens with zero attached hydrogens (tertiary/aromatic N) is 2. The van der Waals surface area contributed by atoms with Crippen LogP contribution in [0.3, 0.4) is 0 Å². The van der Waals surface area contributed by atoms with E-state index in [1.165, 1.54) is 36.4 Å². The number of anilines is 2. The fourth-order valence-electron chi connectivity index (χ4n) is 3.44. The van der Waals surface area contributed by atoms with Gasteiger partial charge in [-0.25, -0.2) is 0 Å². The Morgan fingerprint density at radius 2 is 0.750 bits per heavy atom. The SMILES string of the molecule is O=C(C(=O)N(S(=O)(=O)c1ccccc1)S(=O)(=O)c1ccccc1)N(c1ccccc1)c1ccccc1. The van der Waals surface area contributed by atoms with Crippen LogP contribution in [-0.2, 0) is 29.6 Å². The van der Waals surface area contributed by atoms with Crippen molar-refractivity contribution in [3.8, 4) is 0 Å². The van der Waals surface area contributed by atoms with Gasteiger partial charge in [0, 0.05) is 11.4 Å². The molecule has 0 aliphatic heterocycles. The van der Waals surface area contributed by atoms with Crippen molar-refractivity contribution >= 4 is 43.2 Å². The minimum atomic E-state index is -5.00. The molecule has 8 nitrogen and oxygen atoms in total. The van der Waals surface area contributed by atoms with Crippen LogP contribution in [-0.4, -0.2) is 32.4 Å². The normalized spacial score (nSPS) is 11.4. The zero-order chi connectivity index (χ0) is 25.8. The first-order chi connectivity index (χ1) is 17.2. The highest BCUT2D eigenvalue weighted by Crippen LogP contribution is 2.29. The van der Waals surface area contributed by atoms with Gasteiger partial charge in [-0.1, -0.05) is 72.8 Å². The number of amides is 2. The van der Waals surface area contributed by atoms with Gasteiger partial charge < -0.3 is 0 Å². The van der Waals surface area contributed by atoms with Crippen LogP contribution in [0.1, 0.15) is 0 Å². The second-order valence-corrected chi connectivity index (χ2v) is 11.3. The Morgan fingerprint density at radius 3 is 1.08 bits per heavy atom. The second-order valence-electron chi connectivity index (χ2n) is 7.45. The van der Waals surface area contributed by atoms with E-state index in [-0.39, 0.29) is 15.1 Å². The highest BCUT2D eigenvalue weighted by Gasteiger charge is 2.45. The average Bonchev–Trinajstić information content (AvgIpc) is 2.91. The smallest absolute Gasteiger partial charge is 0.273 e. The van der Waals surface area contributed by atoms with Crippen molar-refractivity contribution in [1.29, 1.82) is 0 Å². The molecule has 4 aromatic carbocycles. The van der Waals surface area contributed by atoms with E-state index in [2.05, 4.69) is 0 Å². The summed E-state index contributed by atoms with van der Waals surface area (Å²) in [6, 6.07) is 29.3. The first-order valence-corrected chi connectivity index (χ1v) is 13.5. The monoisotopic (exact) mass is 520 g/mol. The minimum Gasteiger partial charge on any atom is -0.273 e. The molecule has 0 spiro atoms. The van der Waals surface area contributed by atoms with Crippen LogP contribution >= 0.6 is 0 Å². The van der Waals surface area contributed by atoms with Crippen molar-refractivity contribution in [2.75, 3.05) is 4.90 Å². The first kappa shape index (κ1) is 24.8. The summed E-state index contributed by atoms with van der Waals surface area (Å²) in [5.41, 5.74) is 0.493. The molecule has 0 atom stereocenters. The summed E-state index contributed by atoms with van der Waals surface area (Å²) >= 11 is 0. The predicted molar refractivity (Wildman–Crippen MR) is 134 cm³/mol. The summed E-state index contributed by atoms with van der Waals surface area (Å²) in [6.45, 7) is 0. The standard InChI is InChI=1S/C26H20N2O6S2/c29-25(27(21-13-5-1-6-14-21)22-15-7-2-8-16-22)26(30)28(35(31,32)23-17-9-3-10-18-23)36(33,34)24-19-11-4-12-20-24/h1-20H. The van der Waals surface area contributed by atoms with Crippen molar-refractivity contribution < 1.29 is 26.4 Å². The van der Waals surface area contributed by atoms with Gasteiger partial charge in [0.15, 0.2) is 0 Å². The van der Waals surface area contributed by atoms with Gasteiger partial charge in [-0.3, -0.25) is 14.5 Å². The Kier molecular flexibility index (Phi) is 7.00. The number of carbonyl (C=O) groups is 2. The van der Waals surface area contributed by atoms with E-state index in [0.29, 0.717) is 0 Å². The van der Waals surface area contributed by atoms with Gasteiger partial charge in [0.25, 0.3) is 20.0 Å². The van der Waals surface area contributed by atoms with Crippen LogP contribution in [0, 0.1) is 0 Å². The number of sulfonamides is 2. The maximum atomic E-state index is 13.6. The Labute approximate surface area is 209 Å². The molecular formula is C26H20N2O6S2. The van der Waals surface area contributed by atoms with Crippen LogP contribution in [0.5, 0.6) is 0 Å². The van der Waals surface area contributed by atoms with E-state index in [1.54, 1.807) is 60.7 Å². The van der Waals surface area contributed by atoms with E-state index in [4.69, 9.17) is 0 Å². The van der Waals surface area contributed by atoms with Crippen molar-refractivity contribution in [3.05, 3.63) is 121 Å². The molecule has 0 saturated carbocycles. The highest BCUT2D eigenvalue weighted by molar-refractivity contribution is 8.05. The molecule has 36 heavy (non-hydrogen) atoms. The lowest BCUT2D eigenvalue weighted by Crippen LogP contribution is -2.49. The van der Waals surface area contributed by atoms with Crippen molar-refractivity contribution in [2.45, 2.75) is 9.79 Å². The van der Waals surface area contributed by atoms with Gasteiger partial charge in [-0.05, 0) is 48.5 Å². The van der Waals surface area contributed by atoms with Crippen LogP contribution in [0.15, 0.2) is 131 Å². The molecule has 0 fully saturated rings. The third kappa shape index (κ3) is 4.77. The van der Waals surface area contributed by atoms with Gasteiger partial charge in [-0.15, -0.1) is 3.71 Å². The molecular weight excluding hydrogens is 500 g/mol. The molecule has 10 heteroatoms. The fourth-order valence-corrected chi connectivity index (χ4v) is 6.96. The second kappa shape index (κ2) is 10.1. The van der Waals surface area contributed by atoms with Gasteiger partial charge >= 0.3 is 11.8 Å². The maximum Gasteiger partial charge on any atom is 0.340 e. The number of benzene rings is 4. The van der Waals surface area contributed by atoms with Crippen molar-refractivity contribution in [2.24, 2.45) is 0 Å². The summed E-state index contributed by atoms with van der Waals surface area (Å²) < 4.78 is 53.9. The minimum absolute atomic E-state index is 0.246. The van der Waals surface area contributed by atoms with Gasteiger partial charge in [0.2, 0.25) is 0 Å². The lowest BCUT2D eigenvalue weighted by molar-refractivity contribution is -0.138. The summed E-state index contributed by atoms with van der Waals surface area (Å²) in [7, 11) is -10.0. The van der Waals surface area contributed by atoms with Crippen molar-refractivity contribution in [1.82, 2.24) is 3.71 Å². The van der Waals surface area contributed by atoms with Gasteiger partial charge in [0.1, 0.15) is 0 Å². The molecule has 0 unspecified atom stereocenters. The number of rotatable bonds is 6. The largest absolute Gasteiger partial charge is 0.340 e. The molecule has 0 bridgehead atoms. The number of carbonyl (C=O) groups excluding carboxylic acids is 2. The quantitative estimate of drug-likeness (QED) is 0.356. The summed E-state index contributed by atoms with van der Waals surface area (Å²) in [5.74, 6) is -3.12. The highest BCUT2D eigenvalue weighted by atomic mass is 32.3. The zero-order valence-electron chi connectivity index (χ0n) is 18.7. The number of hydrogen-bond acceptors (Lipinski definition) is 6. The van der Waals surface area contributed by atoms with E-state index in [0.717, 1.165) is 29.2 Å². The Morgan fingerprint density at radius 1 is 0.444 bits per heavy atom. The molecule has 0 aromatic heterocycles. The van der Waals surface area contributed by atoms with Crippen LogP contribution < -0.4 is 4.90 Å². The van der Waals surface area contributed by atoms with Crippen LogP contribution in [0.4, 0.5) is 11.4 Å². The fraction of sp³-hybridized carbons (Fsp3) is 0. The molecule has 0 aliphatic rings. The van der Waals surface area contributed by atoms with Crippen LogP contribution in [0.25, 0.3) is 0 Å². The van der Waals surface area contributed by atoms with E-state index in [1.807, 2.05) is 0 Å². The van der Waals surface area contributed by atoms with Gasteiger partial charge in [0.05, 0.1) is 9.79 Å². The van der Waals surface area contributed by atoms with Gasteiger partial charge in [-0.2, -0.15) is 16.8 Å². The number of para-hydroxylation sites is 2. The Hall–Kier alpha value is -4.28. The Bertz CT molecular complexity index is 1470.